The molecule has 0 aliphatic heterocycles. The summed E-state index contributed by atoms with van der Waals surface area (Å²) in [6.07, 6.45) is 9.06. The topological polar surface area (TPSA) is 0 Å². The van der Waals surface area contributed by atoms with Crippen LogP contribution in [0.15, 0.2) is 24.3 Å². The quantitative estimate of drug-likeness (QED) is 0.290. The third-order valence-corrected chi connectivity index (χ3v) is 10.4. The highest BCUT2D eigenvalue weighted by molar-refractivity contribution is 9.10. The first kappa shape index (κ1) is 24.4. The number of hydrogen-bond donors (Lipinski definition) is 0. The van der Waals surface area contributed by atoms with Gasteiger partial charge in [0, 0.05) is 0 Å². The van der Waals surface area contributed by atoms with Crippen LogP contribution in [0.5, 0.6) is 0 Å². The lowest BCUT2D eigenvalue weighted by molar-refractivity contribution is 0.189. The van der Waals surface area contributed by atoms with Gasteiger partial charge >= 0.3 is 0 Å². The van der Waals surface area contributed by atoms with Crippen molar-refractivity contribution in [2.45, 2.75) is 91.7 Å². The molecule has 0 rings (SSSR count). The zero-order valence-corrected chi connectivity index (χ0v) is 21.2. The predicted molar refractivity (Wildman–Crippen MR) is 119 cm³/mol. The van der Waals surface area contributed by atoms with Crippen LogP contribution >= 0.6 is 31.9 Å². The Bertz CT molecular complexity index is 394. The highest BCUT2D eigenvalue weighted by Gasteiger charge is 2.47. The molecular weight excluding hydrogens is 424 g/mol. The van der Waals surface area contributed by atoms with Gasteiger partial charge in [0.25, 0.3) is 0 Å². The van der Waals surface area contributed by atoms with Crippen molar-refractivity contribution in [3.05, 3.63) is 24.3 Å². The Hall–Kier alpha value is 0.440. The molecule has 24 heavy (non-hydrogen) atoms. The van der Waals surface area contributed by atoms with E-state index in [9.17, 15) is 0 Å². The molecule has 0 heterocycles. The number of hydrogen-bond acceptors (Lipinski definition) is 0. The maximum absolute atomic E-state index is 4.05. The number of halogens is 2. The summed E-state index contributed by atoms with van der Waals surface area (Å²) in [5.41, 5.74) is 0.481. The van der Waals surface area contributed by atoms with Gasteiger partial charge in [-0.1, -0.05) is 139 Å². The molecule has 0 unspecified atom stereocenters. The van der Waals surface area contributed by atoms with Crippen LogP contribution in [0.3, 0.4) is 0 Å². The first-order valence-corrected chi connectivity index (χ1v) is 10.5. The molecule has 0 nitrogen and oxygen atoms in total. The van der Waals surface area contributed by atoms with E-state index in [2.05, 4.69) is 139 Å². The van der Waals surface area contributed by atoms with Crippen LogP contribution in [0.4, 0.5) is 0 Å². The minimum atomic E-state index is -0.0736. The van der Waals surface area contributed by atoms with Gasteiger partial charge in [0.1, 0.15) is 0 Å². The van der Waals surface area contributed by atoms with Crippen molar-refractivity contribution in [3.63, 3.8) is 0 Å². The maximum Gasteiger partial charge on any atom is 0.0536 e. The summed E-state index contributed by atoms with van der Waals surface area (Å²) < 4.78 is -0.147. The monoisotopic (exact) mass is 462 g/mol. The molecule has 0 aromatic carbocycles. The van der Waals surface area contributed by atoms with Crippen LogP contribution in [0.1, 0.15) is 83.1 Å². The van der Waals surface area contributed by atoms with Gasteiger partial charge in [0.05, 0.1) is 8.65 Å². The normalized spacial score (nSPS) is 16.4. The minimum absolute atomic E-state index is 0.0736. The average Bonchev–Trinajstić information content (AvgIpc) is 2.28. The molecular formula is C22H40Br2. The second-order valence-corrected chi connectivity index (χ2v) is 13.6. The van der Waals surface area contributed by atoms with E-state index < -0.39 is 0 Å². The lowest BCUT2D eigenvalue weighted by Crippen LogP contribution is -2.46. The van der Waals surface area contributed by atoms with Crippen molar-refractivity contribution in [2.24, 2.45) is 21.7 Å². The molecule has 0 radical (unpaired) electrons. The van der Waals surface area contributed by atoms with Gasteiger partial charge in [-0.3, -0.25) is 0 Å². The molecule has 0 aliphatic rings. The van der Waals surface area contributed by atoms with Gasteiger partial charge in [-0.2, -0.15) is 0 Å². The van der Waals surface area contributed by atoms with E-state index in [1.807, 2.05) is 0 Å². The van der Waals surface area contributed by atoms with Crippen molar-refractivity contribution in [1.82, 2.24) is 0 Å². The van der Waals surface area contributed by atoms with Crippen molar-refractivity contribution in [3.8, 4) is 0 Å². The lowest BCUT2D eigenvalue weighted by atomic mass is 9.65. The molecule has 0 N–H and O–H groups in total. The van der Waals surface area contributed by atoms with Crippen LogP contribution in [-0.2, 0) is 0 Å². The number of allylic oxidation sites excluding steroid dienone is 4. The Morgan fingerprint density at radius 2 is 0.583 bits per heavy atom. The van der Waals surface area contributed by atoms with E-state index in [1.54, 1.807) is 0 Å². The van der Waals surface area contributed by atoms with Crippen LogP contribution in [0, 0.1) is 21.7 Å². The number of rotatable bonds is 3. The molecule has 0 aromatic rings. The molecule has 2 heteroatoms. The predicted octanol–water partition coefficient (Wildman–Crippen LogP) is 8.55. The summed E-state index contributed by atoms with van der Waals surface area (Å²) in [4.78, 5) is 0. The molecule has 0 aromatic heterocycles. The van der Waals surface area contributed by atoms with Gasteiger partial charge in [0.2, 0.25) is 0 Å². The third kappa shape index (κ3) is 5.00. The Balaban J connectivity index is 5.78. The smallest absolute Gasteiger partial charge is 0.0536 e. The van der Waals surface area contributed by atoms with Gasteiger partial charge < -0.3 is 0 Å². The van der Waals surface area contributed by atoms with Crippen LogP contribution in [0.2, 0.25) is 0 Å². The maximum atomic E-state index is 4.05. The zero-order chi connectivity index (χ0) is 19.8. The first-order chi connectivity index (χ1) is 10.2. The van der Waals surface area contributed by atoms with Crippen LogP contribution in [0.25, 0.3) is 0 Å². The molecule has 0 aliphatic carbocycles. The van der Waals surface area contributed by atoms with Gasteiger partial charge in [-0.25, -0.2) is 0 Å². The van der Waals surface area contributed by atoms with Gasteiger partial charge in [-0.05, 0) is 21.7 Å². The Morgan fingerprint density at radius 1 is 0.417 bits per heavy atom. The molecule has 0 saturated heterocycles. The second kappa shape index (κ2) is 7.22. The van der Waals surface area contributed by atoms with Gasteiger partial charge in [0.15, 0.2) is 0 Å². The summed E-state index contributed by atoms with van der Waals surface area (Å²) in [5, 5.41) is 0. The van der Waals surface area contributed by atoms with E-state index in [0.29, 0.717) is 0 Å². The molecule has 0 amide bonds. The Kier molecular flexibility index (Phi) is 7.35. The molecule has 0 bridgehead atoms. The third-order valence-electron chi connectivity index (χ3n) is 5.13. The van der Waals surface area contributed by atoms with Crippen molar-refractivity contribution >= 4 is 31.9 Å². The SMILES string of the molecule is CC(C)(C)C(Br)(/C=C/C=C/C(Br)(C(C)(C)C)C(C)(C)C)C(C)(C)C. The minimum Gasteiger partial charge on any atom is -0.0796 e. The first-order valence-electron chi connectivity index (χ1n) is 8.96. The van der Waals surface area contributed by atoms with E-state index in [4.69, 9.17) is 0 Å². The largest absolute Gasteiger partial charge is 0.0796 e. The lowest BCUT2D eigenvalue weighted by Gasteiger charge is -2.48. The fourth-order valence-electron chi connectivity index (χ4n) is 3.63. The highest BCUT2D eigenvalue weighted by Crippen LogP contribution is 2.53. The van der Waals surface area contributed by atoms with Crippen molar-refractivity contribution in [2.75, 3.05) is 0 Å². The Labute approximate surface area is 169 Å². The number of alkyl halides is 2. The van der Waals surface area contributed by atoms with E-state index in [1.165, 1.54) is 0 Å². The van der Waals surface area contributed by atoms with Crippen LogP contribution < -0.4 is 0 Å². The average molecular weight is 464 g/mol. The summed E-state index contributed by atoms with van der Waals surface area (Å²) in [7, 11) is 0. The molecule has 0 spiro atoms. The standard InChI is InChI=1S/C22H40Br2/c1-17(2,3)21(23,18(4,5)6)15-13-14-16-22(24,19(7,8)9)20(10,11)12/h13-16H,1-12H3/b15-13+,16-14+. The molecule has 142 valence electrons. The van der Waals surface area contributed by atoms with Crippen molar-refractivity contribution in [1.29, 1.82) is 0 Å². The van der Waals surface area contributed by atoms with E-state index in [0.717, 1.165) is 0 Å². The second-order valence-electron chi connectivity index (χ2n) is 11.1. The van der Waals surface area contributed by atoms with Crippen molar-refractivity contribution < 1.29 is 0 Å². The molecule has 0 atom stereocenters. The fraction of sp³-hybridized carbons (Fsp3) is 0.818. The summed E-state index contributed by atoms with van der Waals surface area (Å²) in [6, 6.07) is 0. The van der Waals surface area contributed by atoms with Gasteiger partial charge in [-0.15, -0.1) is 0 Å². The highest BCUT2D eigenvalue weighted by atomic mass is 79.9. The summed E-state index contributed by atoms with van der Waals surface area (Å²) in [6.45, 7) is 27.5. The fourth-order valence-corrected chi connectivity index (χ4v) is 3.93. The summed E-state index contributed by atoms with van der Waals surface area (Å²) >= 11 is 8.11. The Morgan fingerprint density at radius 3 is 0.708 bits per heavy atom. The van der Waals surface area contributed by atoms with Crippen LogP contribution in [-0.4, -0.2) is 8.65 Å². The zero-order valence-electron chi connectivity index (χ0n) is 18.1. The molecule has 0 saturated carbocycles. The van der Waals surface area contributed by atoms with E-state index >= 15 is 0 Å². The molecule has 0 fully saturated rings. The summed E-state index contributed by atoms with van der Waals surface area (Å²) in [5.74, 6) is 0. The van der Waals surface area contributed by atoms with E-state index in [-0.39, 0.29) is 30.3 Å².